The first-order chi connectivity index (χ1) is 10.6. The second-order valence-electron chi connectivity index (χ2n) is 6.50. The van der Waals surface area contributed by atoms with Crippen LogP contribution < -0.4 is 9.47 Å². The molecule has 2 bridgehead atoms. The second-order valence-corrected chi connectivity index (χ2v) is 6.50. The van der Waals surface area contributed by atoms with E-state index >= 15 is 0 Å². The Morgan fingerprint density at radius 2 is 1.82 bits per heavy atom. The maximum absolute atomic E-state index is 13.0. The average Bonchev–Trinajstić information content (AvgIpc) is 2.53. The van der Waals surface area contributed by atoms with Crippen molar-refractivity contribution in [2.24, 2.45) is 5.92 Å². The fraction of sp³-hybridized carbons (Fsp3) is 0.611. The highest BCUT2D eigenvalue weighted by Crippen LogP contribution is 2.38. The number of methoxy groups -OCH3 is 2. The molecule has 0 amide bonds. The van der Waals surface area contributed by atoms with Gasteiger partial charge in [0.05, 0.1) is 19.8 Å². The van der Waals surface area contributed by atoms with Gasteiger partial charge in [-0.2, -0.15) is 0 Å². The van der Waals surface area contributed by atoms with Crippen molar-refractivity contribution in [1.82, 2.24) is 4.90 Å². The van der Waals surface area contributed by atoms with Crippen LogP contribution in [0.4, 0.5) is 0 Å². The molecule has 1 aromatic rings. The van der Waals surface area contributed by atoms with Gasteiger partial charge in [0.25, 0.3) is 0 Å². The van der Waals surface area contributed by atoms with Crippen molar-refractivity contribution in [2.75, 3.05) is 21.3 Å². The summed E-state index contributed by atoms with van der Waals surface area (Å²) in [5.74, 6) is 1.68. The minimum Gasteiger partial charge on any atom is -0.497 e. The van der Waals surface area contributed by atoms with E-state index in [1.165, 1.54) is 19.3 Å². The lowest BCUT2D eigenvalue weighted by molar-refractivity contribution is 0.0337. The number of fused-ring (bicyclic) bond motifs is 2. The Kier molecular flexibility index (Phi) is 4.39. The van der Waals surface area contributed by atoms with Crippen molar-refractivity contribution in [3.05, 3.63) is 23.8 Å². The van der Waals surface area contributed by atoms with E-state index in [9.17, 15) is 4.79 Å². The third-order valence-electron chi connectivity index (χ3n) is 5.38. The summed E-state index contributed by atoms with van der Waals surface area (Å²) in [5.41, 5.74) is 0.691. The Labute approximate surface area is 132 Å². The van der Waals surface area contributed by atoms with Crippen LogP contribution in [0.2, 0.25) is 0 Å². The molecule has 2 atom stereocenters. The molecule has 2 unspecified atom stereocenters. The summed E-state index contributed by atoms with van der Waals surface area (Å²) in [4.78, 5) is 15.5. The van der Waals surface area contributed by atoms with E-state index in [0.717, 1.165) is 12.8 Å². The topological polar surface area (TPSA) is 38.8 Å². The zero-order chi connectivity index (χ0) is 15.7. The van der Waals surface area contributed by atoms with Crippen molar-refractivity contribution < 1.29 is 14.3 Å². The van der Waals surface area contributed by atoms with Gasteiger partial charge in [0, 0.05) is 24.1 Å². The van der Waals surface area contributed by atoms with Gasteiger partial charge in [-0.25, -0.2) is 0 Å². The number of nitrogens with zero attached hydrogens (tertiary/aromatic N) is 1. The summed E-state index contributed by atoms with van der Waals surface area (Å²) in [6, 6.07) is 6.60. The molecule has 22 heavy (non-hydrogen) atoms. The highest BCUT2D eigenvalue weighted by molar-refractivity contribution is 6.00. The highest BCUT2D eigenvalue weighted by Gasteiger charge is 2.39. The van der Waals surface area contributed by atoms with Crippen molar-refractivity contribution in [2.45, 2.75) is 44.2 Å². The van der Waals surface area contributed by atoms with E-state index in [-0.39, 0.29) is 11.7 Å². The van der Waals surface area contributed by atoms with Gasteiger partial charge in [-0.1, -0.05) is 6.42 Å². The van der Waals surface area contributed by atoms with Crippen LogP contribution in [-0.2, 0) is 0 Å². The Bertz CT molecular complexity index is 543. The number of ether oxygens (including phenoxy) is 2. The number of Topliss-reactive ketones (excluding diaryl/α,β-unsaturated/α-hetero) is 1. The predicted molar refractivity (Wildman–Crippen MR) is 85.8 cm³/mol. The average molecular weight is 303 g/mol. The zero-order valence-corrected chi connectivity index (χ0v) is 13.7. The molecular weight excluding hydrogens is 278 g/mol. The van der Waals surface area contributed by atoms with E-state index in [4.69, 9.17) is 9.47 Å². The van der Waals surface area contributed by atoms with Crippen LogP contribution in [-0.4, -0.2) is 44.0 Å². The van der Waals surface area contributed by atoms with Gasteiger partial charge in [0.2, 0.25) is 0 Å². The van der Waals surface area contributed by atoms with Crippen LogP contribution in [0.3, 0.4) is 0 Å². The molecule has 1 aromatic carbocycles. The number of hydrogen-bond acceptors (Lipinski definition) is 4. The smallest absolute Gasteiger partial charge is 0.169 e. The van der Waals surface area contributed by atoms with Gasteiger partial charge < -0.3 is 14.4 Å². The number of hydrogen-bond donors (Lipinski definition) is 0. The lowest BCUT2D eigenvalue weighted by Gasteiger charge is -2.46. The molecule has 120 valence electrons. The lowest BCUT2D eigenvalue weighted by atomic mass is 9.76. The van der Waals surface area contributed by atoms with E-state index in [1.54, 1.807) is 20.3 Å². The molecule has 3 rings (SSSR count). The molecule has 2 saturated heterocycles. The summed E-state index contributed by atoms with van der Waals surface area (Å²) in [6.45, 7) is 0. The molecule has 0 spiro atoms. The molecule has 2 aliphatic rings. The van der Waals surface area contributed by atoms with E-state index in [2.05, 4.69) is 11.9 Å². The first-order valence-corrected chi connectivity index (χ1v) is 8.12. The summed E-state index contributed by atoms with van der Waals surface area (Å²) >= 11 is 0. The van der Waals surface area contributed by atoms with Crippen molar-refractivity contribution in [1.29, 1.82) is 0 Å². The van der Waals surface area contributed by atoms with Crippen molar-refractivity contribution in [3.8, 4) is 11.5 Å². The molecule has 0 aromatic heterocycles. The normalized spacial score (nSPS) is 28.2. The molecule has 0 N–H and O–H groups in total. The molecule has 0 radical (unpaired) electrons. The monoisotopic (exact) mass is 303 g/mol. The van der Waals surface area contributed by atoms with Gasteiger partial charge in [-0.15, -0.1) is 0 Å². The number of carbonyl (C=O) groups is 1. The summed E-state index contributed by atoms with van der Waals surface area (Å²) in [7, 11) is 5.44. The SMILES string of the molecule is COc1ccc(C(=O)C2CC3CCCC(C2)N3C)c(OC)c1. The maximum atomic E-state index is 13.0. The molecule has 2 fully saturated rings. The van der Waals surface area contributed by atoms with Crippen LogP contribution in [0.25, 0.3) is 0 Å². The Hall–Kier alpha value is -1.55. The minimum atomic E-state index is 0.119. The van der Waals surface area contributed by atoms with Crippen LogP contribution >= 0.6 is 0 Å². The fourth-order valence-electron chi connectivity index (χ4n) is 4.05. The zero-order valence-electron chi connectivity index (χ0n) is 13.7. The van der Waals surface area contributed by atoms with Crippen LogP contribution in [0.5, 0.6) is 11.5 Å². The van der Waals surface area contributed by atoms with Crippen molar-refractivity contribution >= 4 is 5.78 Å². The third-order valence-corrected chi connectivity index (χ3v) is 5.38. The third kappa shape index (κ3) is 2.72. The first kappa shape index (κ1) is 15.3. The Morgan fingerprint density at radius 1 is 1.14 bits per heavy atom. The molecule has 0 aliphatic carbocycles. The van der Waals surface area contributed by atoms with Crippen LogP contribution in [0, 0.1) is 5.92 Å². The van der Waals surface area contributed by atoms with Gasteiger partial charge in [0.15, 0.2) is 5.78 Å². The lowest BCUT2D eigenvalue weighted by Crippen LogP contribution is -2.51. The largest absolute Gasteiger partial charge is 0.497 e. The molecule has 4 heteroatoms. The Morgan fingerprint density at radius 3 is 2.41 bits per heavy atom. The first-order valence-electron chi connectivity index (χ1n) is 8.12. The number of carbonyl (C=O) groups excluding carboxylic acids is 1. The molecule has 0 saturated carbocycles. The quantitative estimate of drug-likeness (QED) is 0.801. The molecule has 4 nitrogen and oxygen atoms in total. The number of rotatable bonds is 4. The summed E-state index contributed by atoms with van der Waals surface area (Å²) in [5, 5.41) is 0. The highest BCUT2D eigenvalue weighted by atomic mass is 16.5. The van der Waals surface area contributed by atoms with Crippen LogP contribution in [0.1, 0.15) is 42.5 Å². The maximum Gasteiger partial charge on any atom is 0.169 e. The van der Waals surface area contributed by atoms with E-state index in [1.807, 2.05) is 12.1 Å². The van der Waals surface area contributed by atoms with E-state index in [0.29, 0.717) is 29.1 Å². The number of ketones is 1. The summed E-state index contributed by atoms with van der Waals surface area (Å²) < 4.78 is 10.6. The fourth-order valence-corrected chi connectivity index (χ4v) is 4.05. The second kappa shape index (κ2) is 6.29. The number of piperidine rings is 2. The summed E-state index contributed by atoms with van der Waals surface area (Å²) in [6.07, 6.45) is 5.68. The van der Waals surface area contributed by atoms with Crippen LogP contribution in [0.15, 0.2) is 18.2 Å². The van der Waals surface area contributed by atoms with Gasteiger partial charge >= 0.3 is 0 Å². The minimum absolute atomic E-state index is 0.119. The standard InChI is InChI=1S/C18H25NO3/c1-19-13-5-4-6-14(19)10-12(9-13)18(20)16-8-7-15(21-2)11-17(16)22-3/h7-8,11-14H,4-6,9-10H2,1-3H3. The molecular formula is C18H25NO3. The Balaban J connectivity index is 1.82. The van der Waals surface area contributed by atoms with Gasteiger partial charge in [-0.3, -0.25) is 4.79 Å². The molecule has 2 heterocycles. The number of benzene rings is 1. The van der Waals surface area contributed by atoms with Crippen molar-refractivity contribution in [3.63, 3.8) is 0 Å². The molecule has 2 aliphatic heterocycles. The van der Waals surface area contributed by atoms with Gasteiger partial charge in [0.1, 0.15) is 11.5 Å². The predicted octanol–water partition coefficient (Wildman–Crippen LogP) is 3.15. The van der Waals surface area contributed by atoms with E-state index < -0.39 is 0 Å². The van der Waals surface area contributed by atoms with Gasteiger partial charge in [-0.05, 0) is 44.9 Å².